The molecular formula is C17H17NO3S. The Morgan fingerprint density at radius 1 is 1.14 bits per heavy atom. The van der Waals surface area contributed by atoms with E-state index in [4.69, 9.17) is 8.92 Å². The standard InChI is InChI=1S/C17H17NO3S/c1-22-21-14-9-7-12(8-10-14)16-15(11-19)18-17(20-16)13-5-3-2-4-6-13/h2-10,15-16,19H,11H2,1H3. The zero-order valence-electron chi connectivity index (χ0n) is 12.2. The summed E-state index contributed by atoms with van der Waals surface area (Å²) in [4.78, 5) is 4.50. The van der Waals surface area contributed by atoms with Crippen molar-refractivity contribution < 1.29 is 14.0 Å². The van der Waals surface area contributed by atoms with Crippen molar-refractivity contribution in [1.29, 1.82) is 0 Å². The summed E-state index contributed by atoms with van der Waals surface area (Å²) in [5, 5.41) is 9.59. The maximum Gasteiger partial charge on any atom is 0.217 e. The topological polar surface area (TPSA) is 51.0 Å². The van der Waals surface area contributed by atoms with Crippen LogP contribution < -0.4 is 4.18 Å². The number of rotatable bonds is 5. The van der Waals surface area contributed by atoms with Gasteiger partial charge in [-0.15, -0.1) is 0 Å². The molecule has 114 valence electrons. The fraction of sp³-hybridized carbons (Fsp3) is 0.235. The molecule has 0 saturated heterocycles. The first kappa shape index (κ1) is 14.9. The molecule has 4 nitrogen and oxygen atoms in total. The van der Waals surface area contributed by atoms with Crippen LogP contribution in [0.4, 0.5) is 0 Å². The fourth-order valence-electron chi connectivity index (χ4n) is 2.41. The van der Waals surface area contributed by atoms with Crippen LogP contribution in [0.3, 0.4) is 0 Å². The van der Waals surface area contributed by atoms with Gasteiger partial charge in [-0.25, -0.2) is 4.99 Å². The number of hydrogen-bond donors (Lipinski definition) is 1. The second-order valence-corrected chi connectivity index (χ2v) is 5.41. The lowest BCUT2D eigenvalue weighted by atomic mass is 10.0. The molecule has 2 atom stereocenters. The highest BCUT2D eigenvalue weighted by Gasteiger charge is 2.32. The van der Waals surface area contributed by atoms with E-state index in [0.717, 1.165) is 16.9 Å². The summed E-state index contributed by atoms with van der Waals surface area (Å²) in [7, 11) is 0. The molecule has 1 N–H and O–H groups in total. The highest BCUT2D eigenvalue weighted by molar-refractivity contribution is 7.94. The summed E-state index contributed by atoms with van der Waals surface area (Å²) in [5.74, 6) is 1.37. The van der Waals surface area contributed by atoms with Crippen LogP contribution in [0.5, 0.6) is 5.75 Å². The molecule has 1 aliphatic rings. The Bertz CT molecular complexity index is 643. The van der Waals surface area contributed by atoms with Crippen LogP contribution in [0.25, 0.3) is 0 Å². The van der Waals surface area contributed by atoms with E-state index in [-0.39, 0.29) is 18.8 Å². The number of nitrogens with zero attached hydrogens (tertiary/aromatic N) is 1. The predicted molar refractivity (Wildman–Crippen MR) is 88.3 cm³/mol. The quantitative estimate of drug-likeness (QED) is 0.861. The van der Waals surface area contributed by atoms with Gasteiger partial charge in [0.15, 0.2) is 6.10 Å². The van der Waals surface area contributed by atoms with Crippen molar-refractivity contribution in [2.45, 2.75) is 12.1 Å². The molecule has 0 aromatic heterocycles. The van der Waals surface area contributed by atoms with Crippen LogP contribution in [0.15, 0.2) is 59.6 Å². The van der Waals surface area contributed by atoms with E-state index in [1.165, 1.54) is 12.0 Å². The third-order valence-corrected chi connectivity index (χ3v) is 3.83. The van der Waals surface area contributed by atoms with E-state index in [9.17, 15) is 5.11 Å². The number of aliphatic hydroxyl groups is 1. The van der Waals surface area contributed by atoms with Gasteiger partial charge in [-0.05, 0) is 29.8 Å². The van der Waals surface area contributed by atoms with Gasteiger partial charge in [0.2, 0.25) is 5.90 Å². The van der Waals surface area contributed by atoms with Crippen LogP contribution in [-0.4, -0.2) is 29.9 Å². The largest absolute Gasteiger partial charge is 0.467 e. The highest BCUT2D eigenvalue weighted by atomic mass is 32.2. The average molecular weight is 315 g/mol. The normalized spacial score (nSPS) is 20.4. The van der Waals surface area contributed by atoms with E-state index in [1.54, 1.807) is 0 Å². The lowest BCUT2D eigenvalue weighted by molar-refractivity contribution is 0.152. The van der Waals surface area contributed by atoms with Crippen LogP contribution in [-0.2, 0) is 4.74 Å². The Balaban J connectivity index is 1.80. The maximum atomic E-state index is 9.59. The Labute approximate surface area is 134 Å². The van der Waals surface area contributed by atoms with Gasteiger partial charge in [0.1, 0.15) is 11.8 Å². The minimum absolute atomic E-state index is 0.0515. The Kier molecular flexibility index (Phi) is 4.65. The van der Waals surface area contributed by atoms with Crippen LogP contribution in [0.1, 0.15) is 17.2 Å². The Morgan fingerprint density at radius 2 is 1.86 bits per heavy atom. The molecule has 3 rings (SSSR count). The zero-order chi connectivity index (χ0) is 15.4. The van der Waals surface area contributed by atoms with Gasteiger partial charge in [-0.1, -0.05) is 30.3 Å². The van der Waals surface area contributed by atoms with E-state index in [0.29, 0.717) is 5.90 Å². The van der Waals surface area contributed by atoms with Gasteiger partial charge in [0.05, 0.1) is 18.6 Å². The SMILES string of the molecule is CSOc1ccc(C2OC(c3ccccc3)=NC2CO)cc1. The van der Waals surface area contributed by atoms with Gasteiger partial charge in [0, 0.05) is 11.8 Å². The lowest BCUT2D eigenvalue weighted by Gasteiger charge is -2.16. The summed E-state index contributed by atoms with van der Waals surface area (Å²) < 4.78 is 11.3. The summed E-state index contributed by atoms with van der Waals surface area (Å²) in [6.07, 6.45) is 1.60. The van der Waals surface area contributed by atoms with Gasteiger partial charge < -0.3 is 14.0 Å². The van der Waals surface area contributed by atoms with Gasteiger partial charge >= 0.3 is 0 Å². The average Bonchev–Trinajstić information content (AvgIpc) is 3.01. The molecule has 0 spiro atoms. The summed E-state index contributed by atoms with van der Waals surface area (Å²) in [5.41, 5.74) is 1.90. The molecule has 2 unspecified atom stereocenters. The van der Waals surface area contributed by atoms with E-state index in [1.807, 2.05) is 60.9 Å². The summed E-state index contributed by atoms with van der Waals surface area (Å²) in [6.45, 7) is -0.0515. The van der Waals surface area contributed by atoms with E-state index >= 15 is 0 Å². The molecule has 0 fully saturated rings. The Morgan fingerprint density at radius 3 is 2.50 bits per heavy atom. The van der Waals surface area contributed by atoms with E-state index in [2.05, 4.69) is 4.99 Å². The number of benzene rings is 2. The number of aliphatic imine (C=N–C) groups is 1. The number of ether oxygens (including phenoxy) is 1. The molecule has 0 bridgehead atoms. The van der Waals surface area contributed by atoms with Gasteiger partial charge in [-0.3, -0.25) is 0 Å². The minimum atomic E-state index is -0.289. The minimum Gasteiger partial charge on any atom is -0.467 e. The van der Waals surface area contributed by atoms with Crippen molar-refractivity contribution >= 4 is 17.9 Å². The second-order valence-electron chi connectivity index (χ2n) is 4.91. The fourth-order valence-corrected chi connectivity index (χ4v) is 2.71. The van der Waals surface area contributed by atoms with Crippen molar-refractivity contribution in [2.75, 3.05) is 12.9 Å². The third-order valence-electron chi connectivity index (χ3n) is 3.47. The van der Waals surface area contributed by atoms with Crippen molar-refractivity contribution in [3.05, 3.63) is 65.7 Å². The maximum absolute atomic E-state index is 9.59. The first-order valence-electron chi connectivity index (χ1n) is 7.03. The molecule has 1 heterocycles. The van der Waals surface area contributed by atoms with E-state index < -0.39 is 0 Å². The molecule has 22 heavy (non-hydrogen) atoms. The molecule has 2 aromatic rings. The predicted octanol–water partition coefficient (Wildman–Crippen LogP) is 3.22. The van der Waals surface area contributed by atoms with Crippen LogP contribution in [0, 0.1) is 0 Å². The Hall–Kier alpha value is -1.98. The van der Waals surface area contributed by atoms with Crippen molar-refractivity contribution in [3.8, 4) is 5.75 Å². The molecular weight excluding hydrogens is 298 g/mol. The molecule has 2 aromatic carbocycles. The molecule has 0 amide bonds. The summed E-state index contributed by atoms with van der Waals surface area (Å²) in [6, 6.07) is 17.1. The zero-order valence-corrected chi connectivity index (χ0v) is 13.0. The van der Waals surface area contributed by atoms with Gasteiger partial charge in [0.25, 0.3) is 0 Å². The number of hydrogen-bond acceptors (Lipinski definition) is 5. The van der Waals surface area contributed by atoms with Crippen molar-refractivity contribution in [3.63, 3.8) is 0 Å². The third kappa shape index (κ3) is 3.10. The molecule has 0 saturated carbocycles. The van der Waals surface area contributed by atoms with Crippen molar-refractivity contribution in [2.24, 2.45) is 4.99 Å². The monoisotopic (exact) mass is 315 g/mol. The highest BCUT2D eigenvalue weighted by Crippen LogP contribution is 2.32. The van der Waals surface area contributed by atoms with Crippen LogP contribution >= 0.6 is 12.0 Å². The van der Waals surface area contributed by atoms with Crippen molar-refractivity contribution in [1.82, 2.24) is 0 Å². The summed E-state index contributed by atoms with van der Waals surface area (Å²) >= 11 is 1.30. The second kappa shape index (κ2) is 6.85. The molecule has 0 radical (unpaired) electrons. The molecule has 1 aliphatic heterocycles. The first-order chi connectivity index (χ1) is 10.8. The number of aliphatic hydroxyl groups excluding tert-OH is 1. The first-order valence-corrected chi connectivity index (χ1v) is 8.18. The molecule has 0 aliphatic carbocycles. The van der Waals surface area contributed by atoms with Crippen LogP contribution in [0.2, 0.25) is 0 Å². The molecule has 5 heteroatoms. The lowest BCUT2D eigenvalue weighted by Crippen LogP contribution is -2.17. The smallest absolute Gasteiger partial charge is 0.217 e. The van der Waals surface area contributed by atoms with Gasteiger partial charge in [-0.2, -0.15) is 0 Å².